The Morgan fingerprint density at radius 3 is 2.74 bits per heavy atom. The van der Waals surface area contributed by atoms with Crippen LogP contribution in [-0.4, -0.2) is 22.5 Å². The molecule has 2 N–H and O–H groups in total. The topological polar surface area (TPSA) is 79.3 Å². The average molecular weight is 306 g/mol. The number of carbonyl (C=O) groups excluding carboxylic acids is 1. The number of nitrogens with one attached hydrogen (secondary N) is 1. The van der Waals surface area contributed by atoms with Crippen molar-refractivity contribution in [1.29, 1.82) is 0 Å². The molecule has 1 aromatic heterocycles. The molecular formula is C18H14N2O3. The highest BCUT2D eigenvalue weighted by Crippen LogP contribution is 2.27. The van der Waals surface area contributed by atoms with Crippen molar-refractivity contribution in [2.75, 3.05) is 5.32 Å². The van der Waals surface area contributed by atoms with Gasteiger partial charge in [0.15, 0.2) is 0 Å². The highest BCUT2D eigenvalue weighted by molar-refractivity contribution is 6.04. The summed E-state index contributed by atoms with van der Waals surface area (Å²) in [6, 6.07) is 14.2. The molecule has 0 aliphatic carbocycles. The zero-order chi connectivity index (χ0) is 16.4. The van der Waals surface area contributed by atoms with Gasteiger partial charge in [-0.15, -0.1) is 0 Å². The number of benzene rings is 2. The molecule has 1 heterocycles. The Morgan fingerprint density at radius 1 is 1.17 bits per heavy atom. The van der Waals surface area contributed by atoms with Crippen LogP contribution in [0.5, 0.6) is 0 Å². The van der Waals surface area contributed by atoms with E-state index < -0.39 is 5.97 Å². The molecule has 0 atom stereocenters. The molecule has 114 valence electrons. The lowest BCUT2D eigenvalue weighted by Gasteiger charge is -2.09. The molecule has 5 nitrogen and oxygen atoms in total. The van der Waals surface area contributed by atoms with Gasteiger partial charge in [-0.2, -0.15) is 0 Å². The highest BCUT2D eigenvalue weighted by atomic mass is 16.4. The fraction of sp³-hybridized carbons (Fsp3) is 0.0556. The molecule has 0 aliphatic rings. The van der Waals surface area contributed by atoms with E-state index in [-0.39, 0.29) is 5.56 Å². The number of aromatic carboxylic acids is 1. The minimum Gasteiger partial charge on any atom is -0.478 e. The summed E-state index contributed by atoms with van der Waals surface area (Å²) in [5.74, 6) is -0.994. The van der Waals surface area contributed by atoms with Crippen molar-refractivity contribution < 1.29 is 14.7 Å². The van der Waals surface area contributed by atoms with Gasteiger partial charge in [-0.05, 0) is 37.3 Å². The zero-order valence-electron chi connectivity index (χ0n) is 12.4. The lowest BCUT2D eigenvalue weighted by molar-refractivity contribution is -0.105. The smallest absolute Gasteiger partial charge is 0.336 e. The molecule has 0 aliphatic heterocycles. The van der Waals surface area contributed by atoms with Crippen molar-refractivity contribution in [3.63, 3.8) is 0 Å². The molecule has 5 heteroatoms. The van der Waals surface area contributed by atoms with Crippen molar-refractivity contribution in [3.05, 3.63) is 59.7 Å². The van der Waals surface area contributed by atoms with Gasteiger partial charge in [0.1, 0.15) is 0 Å². The zero-order valence-corrected chi connectivity index (χ0v) is 12.4. The predicted molar refractivity (Wildman–Crippen MR) is 88.6 cm³/mol. The number of amides is 1. The Labute approximate surface area is 132 Å². The van der Waals surface area contributed by atoms with E-state index in [4.69, 9.17) is 0 Å². The Kier molecular flexibility index (Phi) is 3.76. The Bertz CT molecular complexity index is 919. The summed E-state index contributed by atoms with van der Waals surface area (Å²) in [5, 5.41) is 12.7. The van der Waals surface area contributed by atoms with Gasteiger partial charge in [-0.1, -0.05) is 23.8 Å². The number of anilines is 1. The summed E-state index contributed by atoms with van der Waals surface area (Å²) in [7, 11) is 0. The summed E-state index contributed by atoms with van der Waals surface area (Å²) in [5.41, 5.74) is 3.73. The number of nitrogens with zero attached hydrogens (tertiary/aromatic N) is 1. The van der Waals surface area contributed by atoms with E-state index in [0.29, 0.717) is 28.7 Å². The van der Waals surface area contributed by atoms with Crippen LogP contribution in [0.25, 0.3) is 22.2 Å². The largest absolute Gasteiger partial charge is 0.478 e. The van der Waals surface area contributed by atoms with E-state index in [0.717, 1.165) is 11.1 Å². The monoisotopic (exact) mass is 306 g/mol. The Hall–Kier alpha value is -3.21. The standard InChI is InChI=1S/C18H14N2O3/c1-11-5-6-16-14(7-11)15(18(22)23)9-17(20-16)12-3-2-4-13(8-12)19-10-21/h2-10H,1H3,(H,19,21)(H,22,23). The fourth-order valence-corrected chi connectivity index (χ4v) is 2.50. The summed E-state index contributed by atoms with van der Waals surface area (Å²) < 4.78 is 0. The number of carbonyl (C=O) groups is 2. The number of fused-ring (bicyclic) bond motifs is 1. The first-order valence-electron chi connectivity index (χ1n) is 7.04. The van der Waals surface area contributed by atoms with Crippen LogP contribution in [0.1, 0.15) is 15.9 Å². The summed E-state index contributed by atoms with van der Waals surface area (Å²) in [4.78, 5) is 26.7. The maximum Gasteiger partial charge on any atom is 0.336 e. The number of carboxylic acid groups (broad SMARTS) is 1. The van der Waals surface area contributed by atoms with E-state index in [1.54, 1.807) is 24.3 Å². The molecule has 23 heavy (non-hydrogen) atoms. The number of pyridine rings is 1. The van der Waals surface area contributed by atoms with Gasteiger partial charge in [0.05, 0.1) is 16.8 Å². The van der Waals surface area contributed by atoms with Crippen molar-refractivity contribution in [1.82, 2.24) is 4.98 Å². The van der Waals surface area contributed by atoms with Crippen LogP contribution in [0, 0.1) is 6.92 Å². The quantitative estimate of drug-likeness (QED) is 0.723. The average Bonchev–Trinajstić information content (AvgIpc) is 2.54. The molecule has 3 rings (SSSR count). The minimum atomic E-state index is -0.994. The molecule has 0 bridgehead atoms. The molecule has 3 aromatic rings. The second-order valence-corrected chi connectivity index (χ2v) is 5.22. The van der Waals surface area contributed by atoms with Crippen LogP contribution in [0.15, 0.2) is 48.5 Å². The van der Waals surface area contributed by atoms with E-state index in [1.165, 1.54) is 0 Å². The second kappa shape index (κ2) is 5.88. The predicted octanol–water partition coefficient (Wildman–Crippen LogP) is 3.48. The number of aromatic nitrogens is 1. The first-order chi connectivity index (χ1) is 11.1. The summed E-state index contributed by atoms with van der Waals surface area (Å²) in [6.45, 7) is 1.91. The number of hydrogen-bond acceptors (Lipinski definition) is 3. The van der Waals surface area contributed by atoms with Gasteiger partial charge in [0, 0.05) is 16.6 Å². The first kappa shape index (κ1) is 14.7. The van der Waals surface area contributed by atoms with Crippen LogP contribution in [0.3, 0.4) is 0 Å². The number of hydrogen-bond donors (Lipinski definition) is 2. The molecular weight excluding hydrogens is 292 g/mol. The van der Waals surface area contributed by atoms with Gasteiger partial charge in [-0.3, -0.25) is 4.79 Å². The Morgan fingerprint density at radius 2 is 2.00 bits per heavy atom. The normalized spacial score (nSPS) is 10.5. The van der Waals surface area contributed by atoms with E-state index in [9.17, 15) is 14.7 Å². The maximum absolute atomic E-state index is 11.6. The molecule has 0 fully saturated rings. The number of carboxylic acids is 1. The Balaban J connectivity index is 2.22. The van der Waals surface area contributed by atoms with Crippen molar-refractivity contribution in [2.24, 2.45) is 0 Å². The minimum absolute atomic E-state index is 0.211. The molecule has 0 saturated carbocycles. The van der Waals surface area contributed by atoms with E-state index in [2.05, 4.69) is 10.3 Å². The third-order valence-corrected chi connectivity index (χ3v) is 3.58. The molecule has 0 unspecified atom stereocenters. The van der Waals surface area contributed by atoms with Crippen LogP contribution < -0.4 is 5.32 Å². The number of rotatable bonds is 4. The van der Waals surface area contributed by atoms with Gasteiger partial charge in [-0.25, -0.2) is 9.78 Å². The van der Waals surface area contributed by atoms with E-state index >= 15 is 0 Å². The third kappa shape index (κ3) is 2.89. The van der Waals surface area contributed by atoms with Crippen LogP contribution in [0.4, 0.5) is 5.69 Å². The summed E-state index contributed by atoms with van der Waals surface area (Å²) >= 11 is 0. The third-order valence-electron chi connectivity index (χ3n) is 3.58. The van der Waals surface area contributed by atoms with Crippen LogP contribution >= 0.6 is 0 Å². The lowest BCUT2D eigenvalue weighted by atomic mass is 10.0. The molecule has 0 spiro atoms. The van der Waals surface area contributed by atoms with Gasteiger partial charge in [0.25, 0.3) is 0 Å². The maximum atomic E-state index is 11.6. The van der Waals surface area contributed by atoms with Gasteiger partial charge < -0.3 is 10.4 Å². The highest BCUT2D eigenvalue weighted by Gasteiger charge is 2.13. The number of aryl methyl sites for hydroxylation is 1. The molecule has 0 radical (unpaired) electrons. The fourth-order valence-electron chi connectivity index (χ4n) is 2.50. The molecule has 1 amide bonds. The lowest BCUT2D eigenvalue weighted by Crippen LogP contribution is -2.01. The van der Waals surface area contributed by atoms with Gasteiger partial charge in [0.2, 0.25) is 6.41 Å². The van der Waals surface area contributed by atoms with Crippen molar-refractivity contribution >= 4 is 29.0 Å². The SMILES string of the molecule is Cc1ccc2nc(-c3cccc(NC=O)c3)cc(C(=O)O)c2c1. The second-order valence-electron chi connectivity index (χ2n) is 5.22. The van der Waals surface area contributed by atoms with Crippen molar-refractivity contribution in [2.45, 2.75) is 6.92 Å². The first-order valence-corrected chi connectivity index (χ1v) is 7.04. The van der Waals surface area contributed by atoms with E-state index in [1.807, 2.05) is 31.2 Å². The van der Waals surface area contributed by atoms with Crippen molar-refractivity contribution in [3.8, 4) is 11.3 Å². The summed E-state index contributed by atoms with van der Waals surface area (Å²) in [6.07, 6.45) is 0.596. The molecule has 2 aromatic carbocycles. The van der Waals surface area contributed by atoms with Gasteiger partial charge >= 0.3 is 5.97 Å². The van der Waals surface area contributed by atoms with Crippen LogP contribution in [-0.2, 0) is 4.79 Å². The molecule has 0 saturated heterocycles. The van der Waals surface area contributed by atoms with Crippen LogP contribution in [0.2, 0.25) is 0 Å².